The molecule has 0 aromatic carbocycles. The summed E-state index contributed by atoms with van der Waals surface area (Å²) in [7, 11) is 0. The first-order chi connectivity index (χ1) is 9.24. The Morgan fingerprint density at radius 3 is 2.63 bits per heavy atom. The highest BCUT2D eigenvalue weighted by atomic mass is 32.1. The maximum absolute atomic E-state index is 5.69. The van der Waals surface area contributed by atoms with Crippen molar-refractivity contribution in [2.24, 2.45) is 0 Å². The second kappa shape index (κ2) is 5.96. The van der Waals surface area contributed by atoms with Crippen LogP contribution in [-0.2, 0) is 0 Å². The van der Waals surface area contributed by atoms with Crippen molar-refractivity contribution in [1.29, 1.82) is 0 Å². The second-order valence-corrected chi connectivity index (χ2v) is 6.96. The molecular formula is C15H27N3S. The highest BCUT2D eigenvalue weighted by molar-refractivity contribution is 7.80. The SMILES string of the molecule is CC1CN2CCCC2CN1C(=S)NC1CCCCC1. The monoisotopic (exact) mass is 281 g/mol. The van der Waals surface area contributed by atoms with Crippen LogP contribution in [0.4, 0.5) is 0 Å². The third-order valence-electron chi connectivity index (χ3n) is 5.13. The molecule has 0 aromatic heterocycles. The van der Waals surface area contributed by atoms with Crippen LogP contribution in [0.3, 0.4) is 0 Å². The van der Waals surface area contributed by atoms with Crippen LogP contribution in [0.2, 0.25) is 0 Å². The first-order valence-electron chi connectivity index (χ1n) is 8.05. The van der Waals surface area contributed by atoms with Crippen LogP contribution in [-0.4, -0.2) is 52.7 Å². The van der Waals surface area contributed by atoms with Gasteiger partial charge in [-0.05, 0) is 51.4 Å². The molecule has 1 N–H and O–H groups in total. The minimum atomic E-state index is 0.568. The van der Waals surface area contributed by atoms with Crippen molar-refractivity contribution in [2.45, 2.75) is 70.0 Å². The van der Waals surface area contributed by atoms with Crippen molar-refractivity contribution in [3.8, 4) is 0 Å². The standard InChI is InChI=1S/C15H27N3S/c1-12-10-17-9-5-8-14(17)11-18(12)15(19)16-13-6-3-2-4-7-13/h12-14H,2-11H2,1H3,(H,16,19). The first-order valence-corrected chi connectivity index (χ1v) is 8.46. The molecule has 3 rings (SSSR count). The Hall–Kier alpha value is -0.350. The van der Waals surface area contributed by atoms with Gasteiger partial charge in [-0.25, -0.2) is 0 Å². The van der Waals surface area contributed by atoms with E-state index in [1.807, 2.05) is 0 Å². The molecule has 2 aliphatic heterocycles. The molecule has 19 heavy (non-hydrogen) atoms. The highest BCUT2D eigenvalue weighted by Crippen LogP contribution is 2.25. The average Bonchev–Trinajstić information content (AvgIpc) is 2.86. The Morgan fingerprint density at radius 2 is 1.84 bits per heavy atom. The average molecular weight is 281 g/mol. The summed E-state index contributed by atoms with van der Waals surface area (Å²) < 4.78 is 0. The van der Waals surface area contributed by atoms with E-state index in [2.05, 4.69) is 22.0 Å². The lowest BCUT2D eigenvalue weighted by Crippen LogP contribution is -2.59. The van der Waals surface area contributed by atoms with Gasteiger partial charge in [0.25, 0.3) is 0 Å². The number of thiocarbonyl (C=S) groups is 1. The summed E-state index contributed by atoms with van der Waals surface area (Å²) in [5.41, 5.74) is 0. The van der Waals surface area contributed by atoms with E-state index in [-0.39, 0.29) is 0 Å². The minimum absolute atomic E-state index is 0.568. The molecule has 0 amide bonds. The zero-order valence-corrected chi connectivity index (χ0v) is 12.9. The lowest BCUT2D eigenvalue weighted by molar-refractivity contribution is 0.107. The van der Waals surface area contributed by atoms with Crippen LogP contribution in [0.25, 0.3) is 0 Å². The topological polar surface area (TPSA) is 18.5 Å². The number of piperazine rings is 1. The molecule has 2 saturated heterocycles. The fourth-order valence-electron chi connectivity index (χ4n) is 3.97. The third-order valence-corrected chi connectivity index (χ3v) is 5.48. The van der Waals surface area contributed by atoms with E-state index in [1.165, 1.54) is 58.0 Å². The molecule has 0 aromatic rings. The van der Waals surface area contributed by atoms with E-state index in [4.69, 9.17) is 12.2 Å². The van der Waals surface area contributed by atoms with E-state index in [0.717, 1.165) is 17.7 Å². The molecule has 2 atom stereocenters. The van der Waals surface area contributed by atoms with Crippen molar-refractivity contribution in [1.82, 2.24) is 15.1 Å². The number of nitrogens with one attached hydrogen (secondary N) is 1. The summed E-state index contributed by atoms with van der Waals surface area (Å²) in [6, 6.07) is 1.95. The van der Waals surface area contributed by atoms with Gasteiger partial charge < -0.3 is 10.2 Å². The van der Waals surface area contributed by atoms with Gasteiger partial charge in [0.1, 0.15) is 0 Å². The van der Waals surface area contributed by atoms with E-state index < -0.39 is 0 Å². The molecule has 1 saturated carbocycles. The molecule has 0 spiro atoms. The fraction of sp³-hybridized carbons (Fsp3) is 0.933. The Bertz CT molecular complexity index is 327. The molecule has 3 fully saturated rings. The molecule has 108 valence electrons. The van der Waals surface area contributed by atoms with Gasteiger partial charge in [0.15, 0.2) is 5.11 Å². The van der Waals surface area contributed by atoms with Crippen molar-refractivity contribution in [3.05, 3.63) is 0 Å². The van der Waals surface area contributed by atoms with Crippen molar-refractivity contribution in [2.75, 3.05) is 19.6 Å². The number of hydrogen-bond acceptors (Lipinski definition) is 2. The number of nitrogens with zero attached hydrogens (tertiary/aromatic N) is 2. The number of hydrogen-bond donors (Lipinski definition) is 1. The zero-order chi connectivity index (χ0) is 13.2. The van der Waals surface area contributed by atoms with Crippen LogP contribution in [0.1, 0.15) is 51.9 Å². The highest BCUT2D eigenvalue weighted by Gasteiger charge is 2.35. The summed E-state index contributed by atoms with van der Waals surface area (Å²) in [6.07, 6.45) is 9.47. The zero-order valence-electron chi connectivity index (χ0n) is 12.1. The molecule has 3 aliphatic rings. The van der Waals surface area contributed by atoms with E-state index in [0.29, 0.717) is 12.1 Å². The summed E-state index contributed by atoms with van der Waals surface area (Å²) in [6.45, 7) is 5.95. The second-order valence-electron chi connectivity index (χ2n) is 6.58. The van der Waals surface area contributed by atoms with Gasteiger partial charge in [0.2, 0.25) is 0 Å². The van der Waals surface area contributed by atoms with Gasteiger partial charge in [-0.2, -0.15) is 0 Å². The number of fused-ring (bicyclic) bond motifs is 1. The quantitative estimate of drug-likeness (QED) is 0.744. The first kappa shape index (κ1) is 13.6. The predicted molar refractivity (Wildman–Crippen MR) is 83.4 cm³/mol. The van der Waals surface area contributed by atoms with Crippen LogP contribution in [0.5, 0.6) is 0 Å². The van der Waals surface area contributed by atoms with Crippen LogP contribution >= 0.6 is 12.2 Å². The molecule has 4 heteroatoms. The maximum Gasteiger partial charge on any atom is 0.169 e. The smallest absolute Gasteiger partial charge is 0.169 e. The van der Waals surface area contributed by atoms with Crippen LogP contribution < -0.4 is 5.32 Å². The molecular weight excluding hydrogens is 254 g/mol. The molecule has 0 radical (unpaired) electrons. The predicted octanol–water partition coefficient (Wildman–Crippen LogP) is 2.36. The molecule has 3 nitrogen and oxygen atoms in total. The van der Waals surface area contributed by atoms with Gasteiger partial charge in [-0.3, -0.25) is 4.90 Å². The van der Waals surface area contributed by atoms with Gasteiger partial charge in [0, 0.05) is 31.2 Å². The van der Waals surface area contributed by atoms with Gasteiger partial charge in [0.05, 0.1) is 0 Å². The summed E-state index contributed by atoms with van der Waals surface area (Å²) >= 11 is 5.69. The van der Waals surface area contributed by atoms with Crippen molar-refractivity contribution >= 4 is 17.3 Å². The largest absolute Gasteiger partial charge is 0.360 e. The molecule has 0 bridgehead atoms. The molecule has 1 aliphatic carbocycles. The van der Waals surface area contributed by atoms with Crippen LogP contribution in [0, 0.1) is 0 Å². The van der Waals surface area contributed by atoms with E-state index >= 15 is 0 Å². The third kappa shape index (κ3) is 3.05. The lowest BCUT2D eigenvalue weighted by Gasteiger charge is -2.44. The molecule has 2 heterocycles. The lowest BCUT2D eigenvalue weighted by atomic mass is 9.96. The Morgan fingerprint density at radius 1 is 1.05 bits per heavy atom. The van der Waals surface area contributed by atoms with E-state index in [9.17, 15) is 0 Å². The minimum Gasteiger partial charge on any atom is -0.360 e. The Labute approximate surface area is 122 Å². The summed E-state index contributed by atoms with van der Waals surface area (Å²) in [5.74, 6) is 0. The Kier molecular flexibility index (Phi) is 4.27. The molecule has 2 unspecified atom stereocenters. The number of rotatable bonds is 1. The van der Waals surface area contributed by atoms with Gasteiger partial charge in [-0.15, -0.1) is 0 Å². The summed E-state index contributed by atoms with van der Waals surface area (Å²) in [5, 5.41) is 4.66. The fourth-order valence-corrected chi connectivity index (χ4v) is 4.40. The van der Waals surface area contributed by atoms with Gasteiger partial charge in [-0.1, -0.05) is 19.3 Å². The maximum atomic E-state index is 5.69. The summed E-state index contributed by atoms with van der Waals surface area (Å²) in [4.78, 5) is 5.11. The van der Waals surface area contributed by atoms with E-state index in [1.54, 1.807) is 0 Å². The van der Waals surface area contributed by atoms with Crippen molar-refractivity contribution in [3.63, 3.8) is 0 Å². The van der Waals surface area contributed by atoms with Crippen LogP contribution in [0.15, 0.2) is 0 Å². The van der Waals surface area contributed by atoms with Crippen molar-refractivity contribution < 1.29 is 0 Å². The Balaban J connectivity index is 1.56. The normalized spacial score (nSPS) is 33.2. The van der Waals surface area contributed by atoms with Gasteiger partial charge >= 0.3 is 0 Å².